The number of aliphatic hydroxyl groups excluding tert-OH is 1. The molecule has 168 valence electrons. The average molecular weight is 497 g/mol. The van der Waals surface area contributed by atoms with Crippen molar-refractivity contribution in [3.63, 3.8) is 0 Å². The Bertz CT molecular complexity index is 1350. The van der Waals surface area contributed by atoms with Crippen LogP contribution in [0, 0.1) is 5.41 Å². The van der Waals surface area contributed by atoms with Crippen LogP contribution in [0.3, 0.4) is 0 Å². The summed E-state index contributed by atoms with van der Waals surface area (Å²) >= 11 is 9.16. The third-order valence-corrected chi connectivity index (χ3v) is 7.36. The predicted octanol–water partition coefficient (Wildman–Crippen LogP) is 5.56. The van der Waals surface area contributed by atoms with Gasteiger partial charge in [-0.15, -0.1) is 21.5 Å². The van der Waals surface area contributed by atoms with E-state index in [1.165, 1.54) is 11.3 Å². The monoisotopic (exact) mass is 496 g/mol. The molecule has 0 bridgehead atoms. The van der Waals surface area contributed by atoms with Crippen LogP contribution in [0.4, 0.5) is 0 Å². The zero-order valence-electron chi connectivity index (χ0n) is 17.8. The highest BCUT2D eigenvalue weighted by Crippen LogP contribution is 2.37. The molecule has 10 heteroatoms. The molecule has 1 aliphatic heterocycles. The number of hydrogen-bond donors (Lipinski definition) is 2. The van der Waals surface area contributed by atoms with Gasteiger partial charge in [0.25, 0.3) is 0 Å². The first kappa shape index (κ1) is 21.9. The van der Waals surface area contributed by atoms with Crippen LogP contribution in [-0.4, -0.2) is 54.0 Å². The summed E-state index contributed by atoms with van der Waals surface area (Å²) in [5, 5.41) is 31.8. The highest BCUT2D eigenvalue weighted by atomic mass is 35.5. The van der Waals surface area contributed by atoms with Crippen molar-refractivity contribution >= 4 is 51.8 Å². The van der Waals surface area contributed by atoms with E-state index in [4.69, 9.17) is 22.0 Å². The van der Waals surface area contributed by atoms with Gasteiger partial charge in [0, 0.05) is 22.2 Å². The normalized spacial score (nSPS) is 15.1. The Morgan fingerprint density at radius 3 is 2.82 bits per heavy atom. The number of aliphatic hydroxyl groups is 1. The van der Waals surface area contributed by atoms with Gasteiger partial charge in [-0.2, -0.15) is 11.8 Å². The van der Waals surface area contributed by atoms with Crippen LogP contribution >= 0.6 is 34.7 Å². The van der Waals surface area contributed by atoms with Gasteiger partial charge in [-0.3, -0.25) is 9.81 Å². The lowest BCUT2D eigenvalue weighted by Gasteiger charge is -2.28. The molecular weight excluding hydrogens is 476 g/mol. The van der Waals surface area contributed by atoms with E-state index in [1.54, 1.807) is 11.8 Å². The summed E-state index contributed by atoms with van der Waals surface area (Å²) < 4.78 is 1.95. The largest absolute Gasteiger partial charge is 0.510 e. The fourth-order valence-corrected chi connectivity index (χ4v) is 5.45. The molecule has 1 atom stereocenters. The smallest absolute Gasteiger partial charge is 0.160 e. The van der Waals surface area contributed by atoms with Crippen LogP contribution in [0.5, 0.6) is 0 Å². The van der Waals surface area contributed by atoms with E-state index >= 15 is 0 Å². The van der Waals surface area contributed by atoms with E-state index in [1.807, 2.05) is 63.3 Å². The number of fused-ring (bicyclic) bond motifs is 1. The van der Waals surface area contributed by atoms with Gasteiger partial charge in [-0.25, -0.2) is 4.98 Å². The van der Waals surface area contributed by atoms with Crippen molar-refractivity contribution in [2.75, 3.05) is 18.6 Å². The van der Waals surface area contributed by atoms with E-state index in [0.717, 1.165) is 34.9 Å². The quantitative estimate of drug-likeness (QED) is 0.348. The second-order valence-corrected chi connectivity index (χ2v) is 9.91. The van der Waals surface area contributed by atoms with Crippen LogP contribution in [0.1, 0.15) is 23.3 Å². The van der Waals surface area contributed by atoms with Crippen molar-refractivity contribution in [1.82, 2.24) is 24.5 Å². The minimum Gasteiger partial charge on any atom is -0.510 e. The topological polar surface area (TPSA) is 90.4 Å². The fraction of sp³-hybridized carbons (Fsp3) is 0.217. The second-order valence-electron chi connectivity index (χ2n) is 7.63. The third-order valence-electron chi connectivity index (χ3n) is 5.60. The molecule has 4 heterocycles. The number of nitrogens with one attached hydrogen (secondary N) is 1. The van der Waals surface area contributed by atoms with Crippen LogP contribution in [0.2, 0.25) is 5.02 Å². The standard InChI is InChI=1S/C23H21ClN6OS2/c1-32-11-9-17(22-28-27-19-4-2-3-10-29(19)22)30-12-18(31)20(21(30)25)23-26-16(13-33-23)14-5-7-15(24)8-6-14/h2-8,10,13,17,25,31H,9,11-12H2,1H3/t17-/m1/s1. The van der Waals surface area contributed by atoms with Crippen LogP contribution in [-0.2, 0) is 0 Å². The van der Waals surface area contributed by atoms with Gasteiger partial charge in [-0.05, 0) is 42.7 Å². The summed E-state index contributed by atoms with van der Waals surface area (Å²) in [6.07, 6.45) is 4.76. The lowest BCUT2D eigenvalue weighted by Crippen LogP contribution is -2.33. The zero-order chi connectivity index (χ0) is 22.9. The maximum absolute atomic E-state index is 10.9. The van der Waals surface area contributed by atoms with Crippen LogP contribution < -0.4 is 0 Å². The summed E-state index contributed by atoms with van der Waals surface area (Å²) in [5.41, 5.74) is 2.97. The molecule has 5 rings (SSSR count). The molecule has 33 heavy (non-hydrogen) atoms. The second kappa shape index (κ2) is 9.17. The van der Waals surface area contributed by atoms with Crippen LogP contribution in [0.25, 0.3) is 22.5 Å². The molecule has 0 aliphatic carbocycles. The molecule has 1 aromatic carbocycles. The number of nitrogens with zero attached hydrogens (tertiary/aromatic N) is 5. The molecule has 3 aromatic heterocycles. The Morgan fingerprint density at radius 2 is 2.03 bits per heavy atom. The highest BCUT2D eigenvalue weighted by Gasteiger charge is 2.36. The van der Waals surface area contributed by atoms with Crippen LogP contribution in [0.15, 0.2) is 59.8 Å². The molecular formula is C23H21ClN6OS2. The Morgan fingerprint density at radius 1 is 1.21 bits per heavy atom. The fourth-order valence-electron chi connectivity index (χ4n) is 3.97. The Hall–Kier alpha value is -2.88. The van der Waals surface area contributed by atoms with Gasteiger partial charge >= 0.3 is 0 Å². The van der Waals surface area contributed by atoms with Gasteiger partial charge in [0.05, 0.1) is 23.9 Å². The lowest BCUT2D eigenvalue weighted by atomic mass is 10.1. The number of rotatable bonds is 7. The molecule has 0 saturated carbocycles. The van der Waals surface area contributed by atoms with Gasteiger partial charge in [0.15, 0.2) is 11.5 Å². The number of thiazole rings is 1. The van der Waals surface area contributed by atoms with E-state index in [0.29, 0.717) is 15.6 Å². The van der Waals surface area contributed by atoms with Crippen molar-refractivity contribution in [3.8, 4) is 11.3 Å². The first-order valence-electron chi connectivity index (χ1n) is 10.3. The summed E-state index contributed by atoms with van der Waals surface area (Å²) in [7, 11) is 0. The molecule has 0 radical (unpaired) electrons. The van der Waals surface area contributed by atoms with E-state index in [-0.39, 0.29) is 24.2 Å². The van der Waals surface area contributed by atoms with Gasteiger partial charge in [0.1, 0.15) is 16.6 Å². The van der Waals surface area contributed by atoms with E-state index < -0.39 is 0 Å². The molecule has 0 amide bonds. The SMILES string of the molecule is CSCC[C@H](c1nnc2ccccn12)N1CC(O)=C(c2nc(-c3ccc(Cl)cc3)cs2)C1=N. The Balaban J connectivity index is 1.46. The number of benzene rings is 1. The van der Waals surface area contributed by atoms with Gasteiger partial charge < -0.3 is 10.0 Å². The molecule has 1 aliphatic rings. The minimum atomic E-state index is -0.197. The number of aromatic nitrogens is 4. The number of hydrogen-bond acceptors (Lipinski definition) is 7. The molecule has 7 nitrogen and oxygen atoms in total. The molecule has 2 N–H and O–H groups in total. The Kier molecular flexibility index (Phi) is 6.09. The van der Waals surface area contributed by atoms with Crippen molar-refractivity contribution in [2.24, 2.45) is 0 Å². The van der Waals surface area contributed by atoms with E-state index in [9.17, 15) is 5.11 Å². The third kappa shape index (κ3) is 4.12. The van der Waals surface area contributed by atoms with Crippen molar-refractivity contribution in [2.45, 2.75) is 12.5 Å². The first-order chi connectivity index (χ1) is 16.1. The molecule has 0 fully saturated rings. The summed E-state index contributed by atoms with van der Waals surface area (Å²) in [6.45, 7) is 0.241. The van der Waals surface area contributed by atoms with Gasteiger partial charge in [-0.1, -0.05) is 29.8 Å². The summed E-state index contributed by atoms with van der Waals surface area (Å²) in [5.74, 6) is 2.06. The summed E-state index contributed by atoms with van der Waals surface area (Å²) in [4.78, 5) is 6.61. The maximum atomic E-state index is 10.9. The highest BCUT2D eigenvalue weighted by molar-refractivity contribution is 7.98. The minimum absolute atomic E-state index is 0.153. The number of pyridine rings is 1. The maximum Gasteiger partial charge on any atom is 0.160 e. The first-order valence-corrected chi connectivity index (χ1v) is 13.0. The molecule has 0 saturated heterocycles. The summed E-state index contributed by atoms with van der Waals surface area (Å²) in [6, 6.07) is 13.1. The van der Waals surface area contributed by atoms with Gasteiger partial charge in [0.2, 0.25) is 0 Å². The molecule has 0 spiro atoms. The Labute approximate surface area is 204 Å². The lowest BCUT2D eigenvalue weighted by molar-refractivity contribution is 0.283. The molecule has 0 unspecified atom stereocenters. The predicted molar refractivity (Wildman–Crippen MR) is 135 cm³/mol. The zero-order valence-corrected chi connectivity index (χ0v) is 20.2. The number of thioether (sulfide) groups is 1. The van der Waals surface area contributed by atoms with E-state index in [2.05, 4.69) is 16.5 Å². The van der Waals surface area contributed by atoms with Crippen molar-refractivity contribution in [1.29, 1.82) is 5.41 Å². The molecule has 4 aromatic rings. The average Bonchev–Trinajstić information content (AvgIpc) is 3.53. The number of amidine groups is 1. The number of halogens is 1. The van der Waals surface area contributed by atoms with Crippen molar-refractivity contribution < 1.29 is 5.11 Å². The van der Waals surface area contributed by atoms with Crippen molar-refractivity contribution in [3.05, 3.63) is 75.7 Å².